The van der Waals surface area contributed by atoms with Crippen molar-refractivity contribution < 1.29 is 38.5 Å². The van der Waals surface area contributed by atoms with Gasteiger partial charge in [-0.15, -0.1) is 0 Å². The molecule has 11 nitrogen and oxygen atoms in total. The minimum atomic E-state index is -1.14. The van der Waals surface area contributed by atoms with Gasteiger partial charge in [-0.25, -0.2) is 4.90 Å². The molecule has 2 fully saturated rings. The number of furan rings is 1. The van der Waals surface area contributed by atoms with Gasteiger partial charge in [-0.05, 0) is 85.5 Å². The maximum absolute atomic E-state index is 14.1. The lowest BCUT2D eigenvalue weighted by molar-refractivity contribution is -0.384. The minimum absolute atomic E-state index is 0.135. The van der Waals surface area contributed by atoms with Crippen molar-refractivity contribution in [3.63, 3.8) is 0 Å². The fourth-order valence-corrected chi connectivity index (χ4v) is 7.01. The Bertz CT molecular complexity index is 1680. The largest absolute Gasteiger partial charge is 0.489 e. The molecule has 3 aromatic rings. The second-order valence-corrected chi connectivity index (χ2v) is 11.9. The third-order valence-electron chi connectivity index (χ3n) is 9.13. The second-order valence-electron chi connectivity index (χ2n) is 11.9. The normalized spacial score (nSPS) is 23.1. The Morgan fingerprint density at radius 2 is 1.91 bits per heavy atom. The van der Waals surface area contributed by atoms with E-state index in [1.165, 1.54) is 24.3 Å². The summed E-state index contributed by atoms with van der Waals surface area (Å²) < 4.78 is 18.0. The molecule has 0 saturated carbocycles. The number of anilines is 1. The van der Waals surface area contributed by atoms with Crippen LogP contribution in [0, 0.1) is 27.9 Å². The first-order valence-corrected chi connectivity index (χ1v) is 15.5. The lowest BCUT2D eigenvalue weighted by Crippen LogP contribution is -2.46. The first kappa shape index (κ1) is 31.5. The Hall–Kier alpha value is -4.52. The van der Waals surface area contributed by atoms with Crippen LogP contribution in [0.1, 0.15) is 44.1 Å². The topological polar surface area (TPSA) is 153 Å². The molecule has 2 saturated heterocycles. The Labute approximate surface area is 266 Å². The number of nitrogens with zero attached hydrogens (tertiary/aromatic N) is 2. The van der Waals surface area contributed by atoms with E-state index in [0.29, 0.717) is 30.1 Å². The van der Waals surface area contributed by atoms with Gasteiger partial charge >= 0.3 is 7.12 Å². The van der Waals surface area contributed by atoms with Crippen molar-refractivity contribution in [2.75, 3.05) is 11.5 Å². The van der Waals surface area contributed by atoms with E-state index in [9.17, 15) is 29.8 Å². The molecule has 6 rings (SSSR count). The molecule has 2 aromatic carbocycles. The quantitative estimate of drug-likeness (QED) is 0.0945. The zero-order valence-electron chi connectivity index (χ0n) is 25.4. The highest BCUT2D eigenvalue weighted by Crippen LogP contribution is 2.51. The van der Waals surface area contributed by atoms with Crippen molar-refractivity contribution in [1.82, 2.24) is 0 Å². The zero-order chi connectivity index (χ0) is 32.4. The predicted molar refractivity (Wildman–Crippen MR) is 169 cm³/mol. The number of carbonyl (C=O) groups excluding carboxylic acids is 2. The summed E-state index contributed by atoms with van der Waals surface area (Å²) in [6.07, 6.45) is 3.69. The third-order valence-corrected chi connectivity index (χ3v) is 9.13. The van der Waals surface area contributed by atoms with E-state index in [1.807, 2.05) is 43.3 Å². The van der Waals surface area contributed by atoms with Gasteiger partial charge in [-0.3, -0.25) is 19.7 Å². The number of nitro groups is 1. The summed E-state index contributed by atoms with van der Waals surface area (Å²) in [6.45, 7) is 2.03. The molecule has 12 heteroatoms. The molecule has 1 aliphatic carbocycles. The zero-order valence-corrected chi connectivity index (χ0v) is 25.4. The van der Waals surface area contributed by atoms with Crippen LogP contribution >= 0.6 is 0 Å². The van der Waals surface area contributed by atoms with Crippen LogP contribution < -0.4 is 9.64 Å². The van der Waals surface area contributed by atoms with Crippen molar-refractivity contribution in [3.05, 3.63) is 105 Å². The SMILES string of the molecule is CC/C(=C\c1ccc(CO)o1)CC[C@H]1OB(O)C[C@H]2C1=C(COc1ccccc1)C[C@H]1C(=O)N(c3cccc([N+](=O)[O-])c3)C(=O)[C@H]12. The Balaban J connectivity index is 1.33. The van der Waals surface area contributed by atoms with Crippen LogP contribution in [0.4, 0.5) is 11.4 Å². The number of para-hydroxylation sites is 1. The van der Waals surface area contributed by atoms with Crippen molar-refractivity contribution in [2.24, 2.45) is 17.8 Å². The third kappa shape index (κ3) is 6.28. The predicted octanol–water partition coefficient (Wildman–Crippen LogP) is 5.33. The van der Waals surface area contributed by atoms with Crippen LogP contribution in [0.25, 0.3) is 6.08 Å². The van der Waals surface area contributed by atoms with Crippen LogP contribution in [-0.4, -0.2) is 46.7 Å². The summed E-state index contributed by atoms with van der Waals surface area (Å²) in [6, 6.07) is 18.4. The van der Waals surface area contributed by atoms with Gasteiger partial charge in [0.2, 0.25) is 11.8 Å². The molecule has 3 aliphatic rings. The number of carbonyl (C=O) groups is 2. The van der Waals surface area contributed by atoms with E-state index in [2.05, 4.69) is 0 Å². The van der Waals surface area contributed by atoms with Crippen LogP contribution in [0.2, 0.25) is 6.32 Å². The number of benzene rings is 2. The first-order chi connectivity index (χ1) is 22.3. The smallest absolute Gasteiger partial charge is 0.455 e. The van der Waals surface area contributed by atoms with Crippen LogP contribution in [-0.2, 0) is 20.9 Å². The van der Waals surface area contributed by atoms with Gasteiger partial charge in [0.05, 0.1) is 28.6 Å². The van der Waals surface area contributed by atoms with Gasteiger partial charge in [-0.1, -0.05) is 36.8 Å². The number of hydrogen-bond donors (Lipinski definition) is 2. The van der Waals surface area contributed by atoms with E-state index < -0.39 is 47.7 Å². The van der Waals surface area contributed by atoms with Crippen molar-refractivity contribution in [3.8, 4) is 5.75 Å². The average Bonchev–Trinajstić information content (AvgIpc) is 3.62. The minimum Gasteiger partial charge on any atom is -0.489 e. The molecule has 2 amide bonds. The van der Waals surface area contributed by atoms with Crippen LogP contribution in [0.15, 0.2) is 87.9 Å². The molecule has 46 heavy (non-hydrogen) atoms. The van der Waals surface area contributed by atoms with Gasteiger partial charge in [0, 0.05) is 12.1 Å². The molecule has 0 bridgehead atoms. The highest BCUT2D eigenvalue weighted by Gasteiger charge is 2.57. The van der Waals surface area contributed by atoms with Gasteiger partial charge in [0.15, 0.2) is 0 Å². The number of imide groups is 1. The Kier molecular flexibility index (Phi) is 9.21. The van der Waals surface area contributed by atoms with Gasteiger partial charge in [0.25, 0.3) is 5.69 Å². The number of nitro benzene ring substituents is 1. The summed E-state index contributed by atoms with van der Waals surface area (Å²) in [5.74, 6) is -1.00. The number of ether oxygens (including phenoxy) is 1. The van der Waals surface area contributed by atoms with Crippen molar-refractivity contribution in [2.45, 2.75) is 51.6 Å². The van der Waals surface area contributed by atoms with E-state index in [0.717, 1.165) is 28.0 Å². The van der Waals surface area contributed by atoms with Crippen molar-refractivity contribution in [1.29, 1.82) is 0 Å². The number of fused-ring (bicyclic) bond motifs is 3. The standard InChI is InChI=1S/C34H35BN2O9/c1-2-21(15-26-12-13-27(19-38)45-26)11-14-30-31-22(20-44-25-9-4-3-5-10-25)16-28-32(29(31)18-35(41)46-30)34(40)36(33(28)39)23-7-6-8-24(17-23)37(42)43/h3-10,12-13,15,17,28-30,32,38,41H,2,11,14,16,18-20H2,1H3/b21-15+/t28-,29+,30-,32-/m1/s1. The second kappa shape index (κ2) is 13.5. The maximum Gasteiger partial charge on any atom is 0.455 e. The van der Waals surface area contributed by atoms with Crippen LogP contribution in [0.5, 0.6) is 5.75 Å². The first-order valence-electron chi connectivity index (χ1n) is 15.5. The number of aliphatic hydroxyl groups is 1. The highest BCUT2D eigenvalue weighted by atomic mass is 16.6. The Morgan fingerprint density at radius 3 is 2.63 bits per heavy atom. The Morgan fingerprint density at radius 1 is 1.11 bits per heavy atom. The van der Waals surface area contributed by atoms with E-state index >= 15 is 0 Å². The monoisotopic (exact) mass is 626 g/mol. The number of rotatable bonds is 11. The summed E-state index contributed by atoms with van der Waals surface area (Å²) in [7, 11) is -1.14. The molecule has 2 aliphatic heterocycles. The lowest BCUT2D eigenvalue weighted by Gasteiger charge is -2.43. The summed E-state index contributed by atoms with van der Waals surface area (Å²) >= 11 is 0. The summed E-state index contributed by atoms with van der Waals surface area (Å²) in [4.78, 5) is 39.9. The van der Waals surface area contributed by atoms with Crippen LogP contribution in [0.3, 0.4) is 0 Å². The van der Waals surface area contributed by atoms with E-state index in [4.69, 9.17) is 13.8 Å². The molecule has 0 unspecified atom stereocenters. The summed E-state index contributed by atoms with van der Waals surface area (Å²) in [5.41, 5.74) is 2.76. The fourth-order valence-electron chi connectivity index (χ4n) is 7.01. The fraction of sp³-hybridized carbons (Fsp3) is 0.353. The van der Waals surface area contributed by atoms with E-state index in [-0.39, 0.29) is 37.3 Å². The highest BCUT2D eigenvalue weighted by molar-refractivity contribution is 6.43. The number of aliphatic hydroxyl groups excluding tert-OH is 1. The molecule has 0 radical (unpaired) electrons. The van der Waals surface area contributed by atoms with E-state index in [1.54, 1.807) is 12.1 Å². The molecule has 0 spiro atoms. The lowest BCUT2D eigenvalue weighted by atomic mass is 9.58. The van der Waals surface area contributed by atoms with Gasteiger partial charge in [-0.2, -0.15) is 0 Å². The maximum atomic E-state index is 14.1. The molecule has 2 N–H and O–H groups in total. The number of amides is 2. The molecule has 4 atom stereocenters. The molecular formula is C34H35BN2O9. The van der Waals surface area contributed by atoms with Gasteiger partial charge in [0.1, 0.15) is 30.5 Å². The van der Waals surface area contributed by atoms with Gasteiger partial charge < -0.3 is 23.9 Å². The molecular weight excluding hydrogens is 591 g/mol. The molecule has 1 aromatic heterocycles. The average molecular weight is 626 g/mol. The number of non-ortho nitro benzene ring substituents is 1. The summed E-state index contributed by atoms with van der Waals surface area (Å²) in [5, 5.41) is 31.8. The molecule has 238 valence electrons. The van der Waals surface area contributed by atoms with Crippen molar-refractivity contribution >= 4 is 36.4 Å². The molecule has 3 heterocycles. The number of allylic oxidation sites excluding steroid dienone is 1. The number of hydrogen-bond acceptors (Lipinski definition) is 9.